The maximum Gasteiger partial charge on any atom is 0.235 e. The van der Waals surface area contributed by atoms with Crippen LogP contribution in [0.25, 0.3) is 0 Å². The first-order valence-corrected chi connectivity index (χ1v) is 6.41. The zero-order valence-electron chi connectivity index (χ0n) is 8.53. The van der Waals surface area contributed by atoms with E-state index in [0.29, 0.717) is 11.4 Å². The van der Waals surface area contributed by atoms with E-state index in [-0.39, 0.29) is 5.25 Å². The molecule has 0 aliphatic heterocycles. The molecule has 0 bridgehead atoms. The van der Waals surface area contributed by atoms with Gasteiger partial charge in [0.15, 0.2) is 0 Å². The minimum atomic E-state index is -3.21. The molecule has 1 aromatic carbocycles. The molecule has 5 heteroatoms. The molecule has 1 saturated carbocycles. The van der Waals surface area contributed by atoms with Crippen LogP contribution in [-0.4, -0.2) is 13.7 Å². The number of sulfonamides is 1. The Hall–Kier alpha value is -1.23. The molecular weight excluding hydrogens is 212 g/mol. The van der Waals surface area contributed by atoms with Crippen molar-refractivity contribution in [3.63, 3.8) is 0 Å². The average molecular weight is 226 g/mol. The lowest BCUT2D eigenvalue weighted by molar-refractivity contribution is 0.600. The van der Waals surface area contributed by atoms with E-state index < -0.39 is 10.0 Å². The van der Waals surface area contributed by atoms with Gasteiger partial charge < -0.3 is 5.73 Å². The Kier molecular flexibility index (Phi) is 2.34. The Morgan fingerprint density at radius 3 is 2.60 bits per heavy atom. The number of hydrogen-bond donors (Lipinski definition) is 2. The lowest BCUT2D eigenvalue weighted by Gasteiger charge is -2.09. The number of nitrogens with two attached hydrogens (primary N) is 1. The van der Waals surface area contributed by atoms with Crippen molar-refractivity contribution in [2.75, 3.05) is 10.5 Å². The number of hydrogen-bond acceptors (Lipinski definition) is 3. The summed E-state index contributed by atoms with van der Waals surface area (Å²) in [5, 5.41) is -0.224. The highest BCUT2D eigenvalue weighted by Gasteiger charge is 2.35. The van der Waals surface area contributed by atoms with Crippen molar-refractivity contribution < 1.29 is 8.42 Å². The van der Waals surface area contributed by atoms with Crippen LogP contribution in [-0.2, 0) is 10.0 Å². The van der Waals surface area contributed by atoms with Crippen LogP contribution in [0.5, 0.6) is 0 Å². The van der Waals surface area contributed by atoms with Gasteiger partial charge in [0.1, 0.15) is 0 Å². The van der Waals surface area contributed by atoms with Crippen LogP contribution >= 0.6 is 0 Å². The summed E-state index contributed by atoms with van der Waals surface area (Å²) < 4.78 is 25.8. The predicted octanol–water partition coefficient (Wildman–Crippen LogP) is 1.48. The molecular formula is C10H14N2O2S. The van der Waals surface area contributed by atoms with Crippen LogP contribution in [0.1, 0.15) is 18.4 Å². The molecule has 0 amide bonds. The van der Waals surface area contributed by atoms with Crippen LogP contribution in [0.2, 0.25) is 0 Å². The summed E-state index contributed by atoms with van der Waals surface area (Å²) in [6.45, 7) is 1.91. The molecule has 82 valence electrons. The van der Waals surface area contributed by atoms with E-state index in [1.807, 2.05) is 13.0 Å². The van der Waals surface area contributed by atoms with Crippen LogP contribution in [0.4, 0.5) is 11.4 Å². The fraction of sp³-hybridized carbons (Fsp3) is 0.400. The first kappa shape index (κ1) is 10.3. The van der Waals surface area contributed by atoms with Gasteiger partial charge in [0, 0.05) is 0 Å². The smallest absolute Gasteiger partial charge is 0.235 e. The molecule has 0 atom stereocenters. The van der Waals surface area contributed by atoms with Crippen LogP contribution in [0.15, 0.2) is 18.2 Å². The summed E-state index contributed by atoms with van der Waals surface area (Å²) in [6.07, 6.45) is 1.50. The molecule has 0 heterocycles. The zero-order valence-corrected chi connectivity index (χ0v) is 9.34. The third-order valence-corrected chi connectivity index (χ3v) is 4.28. The molecule has 0 unspecified atom stereocenters. The van der Waals surface area contributed by atoms with Gasteiger partial charge in [-0.05, 0) is 37.5 Å². The molecule has 0 aromatic heterocycles. The molecule has 15 heavy (non-hydrogen) atoms. The maximum atomic E-state index is 11.6. The molecule has 2 rings (SSSR count). The van der Waals surface area contributed by atoms with Crippen molar-refractivity contribution in [1.82, 2.24) is 0 Å². The fourth-order valence-corrected chi connectivity index (χ4v) is 2.81. The van der Waals surface area contributed by atoms with Crippen LogP contribution < -0.4 is 10.5 Å². The van der Waals surface area contributed by atoms with Crippen LogP contribution in [0.3, 0.4) is 0 Å². The van der Waals surface area contributed by atoms with Gasteiger partial charge in [0.25, 0.3) is 0 Å². The Labute approximate surface area is 89.5 Å². The minimum Gasteiger partial charge on any atom is -0.397 e. The highest BCUT2D eigenvalue weighted by molar-refractivity contribution is 7.93. The Bertz CT molecular complexity index is 478. The molecule has 0 radical (unpaired) electrons. The van der Waals surface area contributed by atoms with E-state index in [2.05, 4.69) is 4.72 Å². The summed E-state index contributed by atoms with van der Waals surface area (Å²) in [6, 6.07) is 5.29. The molecule has 0 saturated heterocycles. The number of benzene rings is 1. The summed E-state index contributed by atoms with van der Waals surface area (Å²) in [7, 11) is -3.21. The third kappa shape index (κ3) is 2.23. The molecule has 1 fully saturated rings. The van der Waals surface area contributed by atoms with E-state index in [4.69, 9.17) is 5.73 Å². The standard InChI is InChI=1S/C10H14N2O2S/c1-7-2-5-10(9(11)6-7)12-15(13,14)8-3-4-8/h2,5-6,8,12H,3-4,11H2,1H3. The van der Waals surface area contributed by atoms with Gasteiger partial charge in [-0.25, -0.2) is 8.42 Å². The summed E-state index contributed by atoms with van der Waals surface area (Å²) in [4.78, 5) is 0. The lowest BCUT2D eigenvalue weighted by atomic mass is 10.2. The zero-order chi connectivity index (χ0) is 11.1. The minimum absolute atomic E-state index is 0.224. The number of anilines is 2. The summed E-state index contributed by atoms with van der Waals surface area (Å²) >= 11 is 0. The lowest BCUT2D eigenvalue weighted by Crippen LogP contribution is -2.18. The average Bonchev–Trinajstić information content (AvgIpc) is 2.92. The first-order chi connectivity index (χ1) is 6.99. The molecule has 4 nitrogen and oxygen atoms in total. The fourth-order valence-electron chi connectivity index (χ4n) is 1.39. The molecule has 1 aliphatic carbocycles. The van der Waals surface area contributed by atoms with Crippen molar-refractivity contribution in [3.05, 3.63) is 23.8 Å². The topological polar surface area (TPSA) is 72.2 Å². The first-order valence-electron chi connectivity index (χ1n) is 4.87. The van der Waals surface area contributed by atoms with Gasteiger partial charge in [-0.1, -0.05) is 6.07 Å². The number of nitrogen functional groups attached to an aromatic ring is 1. The molecule has 3 N–H and O–H groups in total. The molecule has 1 aliphatic rings. The predicted molar refractivity (Wildman–Crippen MR) is 61.2 cm³/mol. The maximum absolute atomic E-state index is 11.6. The van der Waals surface area contributed by atoms with Gasteiger partial charge >= 0.3 is 0 Å². The summed E-state index contributed by atoms with van der Waals surface area (Å²) in [5.41, 5.74) is 7.69. The highest BCUT2D eigenvalue weighted by Crippen LogP contribution is 2.31. The monoisotopic (exact) mass is 226 g/mol. The summed E-state index contributed by atoms with van der Waals surface area (Å²) in [5.74, 6) is 0. The van der Waals surface area contributed by atoms with Crippen LogP contribution in [0, 0.1) is 6.92 Å². The highest BCUT2D eigenvalue weighted by atomic mass is 32.2. The van der Waals surface area contributed by atoms with Crippen molar-refractivity contribution in [1.29, 1.82) is 0 Å². The van der Waals surface area contributed by atoms with Crippen molar-refractivity contribution in [3.8, 4) is 0 Å². The Morgan fingerprint density at radius 1 is 1.40 bits per heavy atom. The van der Waals surface area contributed by atoms with Crippen molar-refractivity contribution in [2.45, 2.75) is 25.0 Å². The van der Waals surface area contributed by atoms with E-state index in [9.17, 15) is 8.42 Å². The van der Waals surface area contributed by atoms with Gasteiger partial charge in [0.05, 0.1) is 16.6 Å². The van der Waals surface area contributed by atoms with E-state index >= 15 is 0 Å². The number of rotatable bonds is 3. The molecule has 0 spiro atoms. The second-order valence-corrected chi connectivity index (χ2v) is 5.90. The normalized spacial score (nSPS) is 16.3. The number of aryl methyl sites for hydroxylation is 1. The second-order valence-electron chi connectivity index (χ2n) is 3.94. The van der Waals surface area contributed by atoms with Gasteiger partial charge in [-0.3, -0.25) is 4.72 Å². The molecule has 1 aromatic rings. The van der Waals surface area contributed by atoms with Crippen molar-refractivity contribution >= 4 is 21.4 Å². The van der Waals surface area contributed by atoms with E-state index in [1.165, 1.54) is 0 Å². The third-order valence-electron chi connectivity index (χ3n) is 2.42. The van der Waals surface area contributed by atoms with E-state index in [0.717, 1.165) is 18.4 Å². The van der Waals surface area contributed by atoms with E-state index in [1.54, 1.807) is 12.1 Å². The Morgan fingerprint density at radius 2 is 2.07 bits per heavy atom. The Balaban J connectivity index is 2.24. The largest absolute Gasteiger partial charge is 0.397 e. The van der Waals surface area contributed by atoms with Crippen molar-refractivity contribution in [2.24, 2.45) is 0 Å². The van der Waals surface area contributed by atoms with Gasteiger partial charge in [0.2, 0.25) is 10.0 Å². The number of nitrogens with one attached hydrogen (secondary N) is 1. The SMILES string of the molecule is Cc1ccc(NS(=O)(=O)C2CC2)c(N)c1. The second kappa shape index (κ2) is 3.41. The van der Waals surface area contributed by atoms with Gasteiger partial charge in [-0.2, -0.15) is 0 Å². The quantitative estimate of drug-likeness (QED) is 0.767. The van der Waals surface area contributed by atoms with Gasteiger partial charge in [-0.15, -0.1) is 0 Å².